The minimum Gasteiger partial charge on any atom is -0.481 e. The van der Waals surface area contributed by atoms with Crippen LogP contribution in [0.25, 0.3) is 0 Å². The molecule has 2 amide bonds. The lowest BCUT2D eigenvalue weighted by Gasteiger charge is -2.36. The predicted octanol–water partition coefficient (Wildman–Crippen LogP) is 2.66. The number of amides is 2. The van der Waals surface area contributed by atoms with Gasteiger partial charge >= 0.3 is 12.0 Å². The monoisotopic (exact) mass is 359 g/mol. The number of aliphatic carboxylic acids is 1. The molecule has 0 aromatic heterocycles. The molecule has 6 nitrogen and oxygen atoms in total. The summed E-state index contributed by atoms with van der Waals surface area (Å²) in [4.78, 5) is 27.8. The largest absolute Gasteiger partial charge is 0.481 e. The number of likely N-dealkylation sites (tertiary alicyclic amines) is 1. The van der Waals surface area contributed by atoms with E-state index in [9.17, 15) is 14.7 Å². The first-order chi connectivity index (χ1) is 12.5. The molecule has 1 aromatic carbocycles. The van der Waals surface area contributed by atoms with Crippen LogP contribution in [0.3, 0.4) is 0 Å². The van der Waals surface area contributed by atoms with Gasteiger partial charge in [-0.1, -0.05) is 25.1 Å². The average Bonchev–Trinajstić information content (AvgIpc) is 2.66. The van der Waals surface area contributed by atoms with Gasteiger partial charge in [0.2, 0.25) is 0 Å². The van der Waals surface area contributed by atoms with Crippen molar-refractivity contribution in [2.75, 3.05) is 37.6 Å². The Morgan fingerprint density at radius 2 is 1.85 bits per heavy atom. The van der Waals surface area contributed by atoms with Crippen molar-refractivity contribution in [3.63, 3.8) is 0 Å². The molecule has 0 bridgehead atoms. The maximum atomic E-state index is 12.5. The fourth-order valence-electron chi connectivity index (χ4n) is 4.07. The number of carboxylic acid groups (broad SMARTS) is 1. The second-order valence-corrected chi connectivity index (χ2v) is 7.73. The van der Waals surface area contributed by atoms with E-state index in [2.05, 4.69) is 34.5 Å². The van der Waals surface area contributed by atoms with E-state index in [1.165, 1.54) is 5.69 Å². The van der Waals surface area contributed by atoms with Gasteiger partial charge in [0.1, 0.15) is 0 Å². The van der Waals surface area contributed by atoms with Gasteiger partial charge in [0.05, 0.1) is 5.92 Å². The van der Waals surface area contributed by atoms with Crippen molar-refractivity contribution < 1.29 is 14.7 Å². The fraction of sp³-hybridized carbons (Fsp3) is 0.600. The zero-order valence-electron chi connectivity index (χ0n) is 15.4. The summed E-state index contributed by atoms with van der Waals surface area (Å²) < 4.78 is 0. The number of carbonyl (C=O) groups excluding carboxylic acids is 1. The molecule has 2 N–H and O–H groups in total. The Bertz CT molecular complexity index is 614. The molecule has 2 saturated heterocycles. The number of rotatable bonds is 4. The van der Waals surface area contributed by atoms with Crippen LogP contribution >= 0.6 is 0 Å². The Balaban J connectivity index is 1.43. The number of urea groups is 1. The summed E-state index contributed by atoms with van der Waals surface area (Å²) in [6, 6.07) is 10.3. The van der Waals surface area contributed by atoms with E-state index >= 15 is 0 Å². The van der Waals surface area contributed by atoms with Crippen LogP contribution in [0.4, 0.5) is 10.5 Å². The number of piperidine rings is 2. The first-order valence-electron chi connectivity index (χ1n) is 9.58. The van der Waals surface area contributed by atoms with Gasteiger partial charge in [-0.15, -0.1) is 0 Å². The molecule has 3 rings (SSSR count). The van der Waals surface area contributed by atoms with Crippen molar-refractivity contribution in [1.82, 2.24) is 10.2 Å². The molecular formula is C20H29N3O3. The van der Waals surface area contributed by atoms with Gasteiger partial charge in [0.25, 0.3) is 0 Å². The summed E-state index contributed by atoms with van der Waals surface area (Å²) >= 11 is 0. The van der Waals surface area contributed by atoms with Crippen LogP contribution in [-0.4, -0.2) is 54.7 Å². The van der Waals surface area contributed by atoms with Crippen molar-refractivity contribution in [3.8, 4) is 0 Å². The first kappa shape index (κ1) is 18.5. The van der Waals surface area contributed by atoms with Crippen molar-refractivity contribution in [1.29, 1.82) is 0 Å². The highest BCUT2D eigenvalue weighted by Crippen LogP contribution is 2.24. The lowest BCUT2D eigenvalue weighted by Crippen LogP contribution is -2.50. The number of carbonyl (C=O) groups is 2. The number of para-hydroxylation sites is 1. The normalized spacial score (nSPS) is 24.3. The Morgan fingerprint density at radius 1 is 1.15 bits per heavy atom. The summed E-state index contributed by atoms with van der Waals surface area (Å²) in [7, 11) is 0. The Kier molecular flexibility index (Phi) is 6.01. The zero-order chi connectivity index (χ0) is 18.5. The van der Waals surface area contributed by atoms with E-state index in [1.807, 2.05) is 13.0 Å². The number of carboxylic acids is 1. The van der Waals surface area contributed by atoms with Gasteiger partial charge in [0, 0.05) is 38.4 Å². The van der Waals surface area contributed by atoms with Crippen molar-refractivity contribution in [2.24, 2.45) is 17.8 Å². The van der Waals surface area contributed by atoms with E-state index in [4.69, 9.17) is 0 Å². The second kappa shape index (κ2) is 8.43. The molecule has 2 unspecified atom stereocenters. The van der Waals surface area contributed by atoms with Gasteiger partial charge in [-0.2, -0.15) is 0 Å². The number of nitrogens with zero attached hydrogens (tertiary/aromatic N) is 2. The highest BCUT2D eigenvalue weighted by atomic mass is 16.4. The van der Waals surface area contributed by atoms with Crippen LogP contribution in [0, 0.1) is 17.8 Å². The number of hydrogen-bond acceptors (Lipinski definition) is 3. The van der Waals surface area contributed by atoms with E-state index in [0.29, 0.717) is 32.0 Å². The quantitative estimate of drug-likeness (QED) is 0.867. The molecule has 0 radical (unpaired) electrons. The molecule has 2 fully saturated rings. The van der Waals surface area contributed by atoms with Gasteiger partial charge in [-0.05, 0) is 43.2 Å². The fourth-order valence-corrected chi connectivity index (χ4v) is 4.07. The molecule has 0 spiro atoms. The summed E-state index contributed by atoms with van der Waals surface area (Å²) in [6.45, 7) is 5.65. The molecule has 2 aliphatic rings. The number of anilines is 1. The molecule has 1 aromatic rings. The molecule has 142 valence electrons. The standard InChI is InChI=1S/C20H29N3O3/c1-15-11-17(19(24)25)14-23(13-15)20(26)21-12-16-7-9-22(10-8-16)18-5-3-2-4-6-18/h2-6,15-17H,7-14H2,1H3,(H,21,26)(H,24,25). The zero-order valence-corrected chi connectivity index (χ0v) is 15.4. The highest BCUT2D eigenvalue weighted by molar-refractivity contribution is 5.76. The summed E-state index contributed by atoms with van der Waals surface area (Å²) in [5.74, 6) is -0.539. The summed E-state index contributed by atoms with van der Waals surface area (Å²) in [5, 5.41) is 12.3. The lowest BCUT2D eigenvalue weighted by atomic mass is 9.91. The molecule has 2 heterocycles. The van der Waals surface area contributed by atoms with Crippen LogP contribution in [-0.2, 0) is 4.79 Å². The van der Waals surface area contributed by atoms with Crippen molar-refractivity contribution >= 4 is 17.7 Å². The molecule has 0 saturated carbocycles. The third kappa shape index (κ3) is 4.68. The van der Waals surface area contributed by atoms with Crippen molar-refractivity contribution in [3.05, 3.63) is 30.3 Å². The Morgan fingerprint density at radius 3 is 2.50 bits per heavy atom. The summed E-state index contributed by atoms with van der Waals surface area (Å²) in [5.41, 5.74) is 1.26. The van der Waals surface area contributed by atoms with E-state index < -0.39 is 11.9 Å². The number of hydrogen-bond donors (Lipinski definition) is 2. The van der Waals surface area contributed by atoms with Crippen LogP contribution in [0.15, 0.2) is 30.3 Å². The average molecular weight is 359 g/mol. The smallest absolute Gasteiger partial charge is 0.317 e. The second-order valence-electron chi connectivity index (χ2n) is 7.73. The number of nitrogens with one attached hydrogen (secondary N) is 1. The van der Waals surface area contributed by atoms with Crippen LogP contribution in [0.5, 0.6) is 0 Å². The Labute approximate surface area is 155 Å². The van der Waals surface area contributed by atoms with E-state index in [-0.39, 0.29) is 11.9 Å². The predicted molar refractivity (Wildman–Crippen MR) is 101 cm³/mol. The molecular weight excluding hydrogens is 330 g/mol. The molecule has 26 heavy (non-hydrogen) atoms. The topological polar surface area (TPSA) is 72.9 Å². The van der Waals surface area contributed by atoms with Crippen LogP contribution < -0.4 is 10.2 Å². The third-order valence-corrected chi connectivity index (χ3v) is 5.57. The third-order valence-electron chi connectivity index (χ3n) is 5.57. The van der Waals surface area contributed by atoms with Gasteiger partial charge in [0.15, 0.2) is 0 Å². The number of benzene rings is 1. The van der Waals surface area contributed by atoms with Crippen LogP contribution in [0.1, 0.15) is 26.2 Å². The van der Waals surface area contributed by atoms with E-state index in [0.717, 1.165) is 25.9 Å². The SMILES string of the molecule is CC1CC(C(=O)O)CN(C(=O)NCC2CCN(c3ccccc3)CC2)C1. The minimum atomic E-state index is -0.803. The maximum Gasteiger partial charge on any atom is 0.317 e. The lowest BCUT2D eigenvalue weighted by molar-refractivity contribution is -0.143. The first-order valence-corrected chi connectivity index (χ1v) is 9.58. The summed E-state index contributed by atoms with van der Waals surface area (Å²) in [6.07, 6.45) is 2.77. The Hall–Kier alpha value is -2.24. The van der Waals surface area contributed by atoms with E-state index in [1.54, 1.807) is 4.90 Å². The van der Waals surface area contributed by atoms with Gasteiger partial charge < -0.3 is 20.2 Å². The van der Waals surface area contributed by atoms with Crippen molar-refractivity contribution in [2.45, 2.75) is 26.2 Å². The van der Waals surface area contributed by atoms with Gasteiger partial charge in [-0.3, -0.25) is 4.79 Å². The molecule has 0 aliphatic carbocycles. The van der Waals surface area contributed by atoms with Gasteiger partial charge in [-0.25, -0.2) is 4.79 Å². The minimum absolute atomic E-state index is 0.117. The highest BCUT2D eigenvalue weighted by Gasteiger charge is 2.32. The maximum absolute atomic E-state index is 12.5. The molecule has 2 atom stereocenters. The van der Waals surface area contributed by atoms with Crippen LogP contribution in [0.2, 0.25) is 0 Å². The molecule has 2 aliphatic heterocycles. The molecule has 6 heteroatoms.